The Kier molecular flexibility index (Phi) is 3.45. The zero-order valence-electron chi connectivity index (χ0n) is 12.1. The number of nitrogens with one attached hydrogen (secondary N) is 1. The van der Waals surface area contributed by atoms with E-state index in [9.17, 15) is 9.59 Å². The van der Waals surface area contributed by atoms with Gasteiger partial charge in [-0.15, -0.1) is 0 Å². The highest BCUT2D eigenvalue weighted by Crippen LogP contribution is 2.33. The van der Waals surface area contributed by atoms with Gasteiger partial charge in [-0.1, -0.05) is 13.0 Å². The van der Waals surface area contributed by atoms with Crippen LogP contribution in [0.3, 0.4) is 0 Å². The first-order valence-electron chi connectivity index (χ1n) is 7.09. The van der Waals surface area contributed by atoms with Crippen molar-refractivity contribution in [3.05, 3.63) is 23.8 Å². The summed E-state index contributed by atoms with van der Waals surface area (Å²) in [6.07, 6.45) is 0.592. The molecule has 2 unspecified atom stereocenters. The Morgan fingerprint density at radius 2 is 2.05 bits per heavy atom. The first-order chi connectivity index (χ1) is 10.1. The first-order valence-corrected chi connectivity index (χ1v) is 7.09. The number of carbonyl (C=O) groups excluding carboxylic acids is 2. The Labute approximate surface area is 123 Å². The molecule has 2 aliphatic heterocycles. The zero-order valence-corrected chi connectivity index (χ0v) is 12.1. The molecule has 6 nitrogen and oxygen atoms in total. The minimum Gasteiger partial charge on any atom is -0.454 e. The van der Waals surface area contributed by atoms with Crippen LogP contribution >= 0.6 is 0 Å². The molecule has 1 aromatic rings. The molecule has 1 aromatic carbocycles. The summed E-state index contributed by atoms with van der Waals surface area (Å²) in [6, 6.07) is 4.69. The smallest absolute Gasteiger partial charge is 0.245 e. The molecule has 0 aliphatic carbocycles. The second kappa shape index (κ2) is 5.27. The molecule has 2 heterocycles. The average Bonchev–Trinajstić information content (AvgIpc) is 2.92. The van der Waals surface area contributed by atoms with Crippen LogP contribution in [0.1, 0.15) is 25.8 Å². The van der Waals surface area contributed by atoms with E-state index in [2.05, 4.69) is 5.32 Å². The standard InChI is InChI=1S/C15H18N2O4/c1-3-11-14(18)16-9(2)15(19)17(11)7-10-4-5-12-13(6-10)21-8-20-12/h4-6,9,11H,3,7-8H2,1-2H3,(H,16,18). The number of piperazine rings is 1. The topological polar surface area (TPSA) is 67.9 Å². The molecule has 112 valence electrons. The maximum atomic E-state index is 12.3. The van der Waals surface area contributed by atoms with Crippen molar-refractivity contribution in [3.8, 4) is 11.5 Å². The number of benzene rings is 1. The van der Waals surface area contributed by atoms with Gasteiger partial charge in [-0.25, -0.2) is 0 Å². The van der Waals surface area contributed by atoms with Gasteiger partial charge in [0, 0.05) is 6.54 Å². The maximum absolute atomic E-state index is 12.3. The van der Waals surface area contributed by atoms with E-state index in [0.29, 0.717) is 24.5 Å². The Morgan fingerprint density at radius 1 is 1.29 bits per heavy atom. The summed E-state index contributed by atoms with van der Waals surface area (Å²) in [4.78, 5) is 26.0. The maximum Gasteiger partial charge on any atom is 0.245 e. The molecule has 2 amide bonds. The molecule has 1 fully saturated rings. The van der Waals surface area contributed by atoms with Crippen LogP contribution in [0.5, 0.6) is 11.5 Å². The number of carbonyl (C=O) groups is 2. The van der Waals surface area contributed by atoms with Gasteiger partial charge < -0.3 is 19.7 Å². The zero-order chi connectivity index (χ0) is 15.0. The third kappa shape index (κ3) is 2.41. The summed E-state index contributed by atoms with van der Waals surface area (Å²) in [5, 5.41) is 2.71. The van der Waals surface area contributed by atoms with E-state index in [4.69, 9.17) is 9.47 Å². The van der Waals surface area contributed by atoms with Crippen LogP contribution in [-0.4, -0.2) is 35.6 Å². The number of ether oxygens (including phenoxy) is 2. The minimum absolute atomic E-state index is 0.0564. The third-order valence-electron chi connectivity index (χ3n) is 3.87. The van der Waals surface area contributed by atoms with E-state index >= 15 is 0 Å². The summed E-state index contributed by atoms with van der Waals surface area (Å²) in [7, 11) is 0. The van der Waals surface area contributed by atoms with Gasteiger partial charge >= 0.3 is 0 Å². The Hall–Kier alpha value is -2.24. The lowest BCUT2D eigenvalue weighted by Gasteiger charge is -2.37. The Morgan fingerprint density at radius 3 is 2.81 bits per heavy atom. The quantitative estimate of drug-likeness (QED) is 0.903. The van der Waals surface area contributed by atoms with Gasteiger partial charge in [0.25, 0.3) is 0 Å². The lowest BCUT2D eigenvalue weighted by molar-refractivity contribution is -0.149. The Balaban J connectivity index is 1.84. The van der Waals surface area contributed by atoms with E-state index in [0.717, 1.165) is 5.56 Å². The van der Waals surface area contributed by atoms with Crippen LogP contribution in [0.4, 0.5) is 0 Å². The second-order valence-corrected chi connectivity index (χ2v) is 5.31. The van der Waals surface area contributed by atoms with Gasteiger partial charge in [0.15, 0.2) is 11.5 Å². The lowest BCUT2D eigenvalue weighted by atomic mass is 10.0. The van der Waals surface area contributed by atoms with E-state index in [1.807, 2.05) is 25.1 Å². The van der Waals surface area contributed by atoms with Gasteiger partial charge in [0.2, 0.25) is 18.6 Å². The normalized spacial score (nSPS) is 24.2. The summed E-state index contributed by atoms with van der Waals surface area (Å²) in [5.74, 6) is 1.24. The fourth-order valence-electron chi connectivity index (χ4n) is 2.75. The van der Waals surface area contributed by atoms with Crippen LogP contribution in [0.2, 0.25) is 0 Å². The fourth-order valence-corrected chi connectivity index (χ4v) is 2.75. The van der Waals surface area contributed by atoms with Crippen LogP contribution in [0.15, 0.2) is 18.2 Å². The van der Waals surface area contributed by atoms with Crippen LogP contribution in [0.25, 0.3) is 0 Å². The molecule has 0 aromatic heterocycles. The molecule has 2 aliphatic rings. The van der Waals surface area contributed by atoms with Gasteiger partial charge in [-0.2, -0.15) is 0 Å². The minimum atomic E-state index is -0.477. The number of fused-ring (bicyclic) bond motifs is 1. The highest BCUT2D eigenvalue weighted by molar-refractivity contribution is 5.96. The summed E-state index contributed by atoms with van der Waals surface area (Å²) < 4.78 is 10.6. The van der Waals surface area contributed by atoms with Crippen molar-refractivity contribution in [1.82, 2.24) is 10.2 Å². The van der Waals surface area contributed by atoms with E-state index in [1.165, 1.54) is 0 Å². The molecule has 3 rings (SSSR count). The first kappa shape index (κ1) is 13.7. The number of hydrogen-bond donors (Lipinski definition) is 1. The highest BCUT2D eigenvalue weighted by Gasteiger charge is 2.37. The van der Waals surface area contributed by atoms with Gasteiger partial charge in [-0.05, 0) is 31.0 Å². The van der Waals surface area contributed by atoms with Gasteiger partial charge in [0.1, 0.15) is 12.1 Å². The van der Waals surface area contributed by atoms with Crippen molar-refractivity contribution in [2.24, 2.45) is 0 Å². The van der Waals surface area contributed by atoms with E-state index in [1.54, 1.807) is 11.8 Å². The molecule has 21 heavy (non-hydrogen) atoms. The molecule has 1 N–H and O–H groups in total. The lowest BCUT2D eigenvalue weighted by Crippen LogP contribution is -2.61. The number of rotatable bonds is 3. The molecular weight excluding hydrogens is 272 g/mol. The Bertz CT molecular complexity index is 587. The highest BCUT2D eigenvalue weighted by atomic mass is 16.7. The molecule has 0 saturated carbocycles. The van der Waals surface area contributed by atoms with E-state index < -0.39 is 12.1 Å². The molecule has 2 atom stereocenters. The van der Waals surface area contributed by atoms with Crippen molar-refractivity contribution >= 4 is 11.8 Å². The average molecular weight is 290 g/mol. The third-order valence-corrected chi connectivity index (χ3v) is 3.87. The number of amides is 2. The number of nitrogens with zero attached hydrogens (tertiary/aromatic N) is 1. The molecule has 6 heteroatoms. The van der Waals surface area contributed by atoms with Gasteiger partial charge in [-0.3, -0.25) is 9.59 Å². The summed E-state index contributed by atoms with van der Waals surface area (Å²) >= 11 is 0. The van der Waals surface area contributed by atoms with Crippen LogP contribution in [0, 0.1) is 0 Å². The summed E-state index contributed by atoms with van der Waals surface area (Å²) in [5.41, 5.74) is 0.924. The molecule has 0 radical (unpaired) electrons. The summed E-state index contributed by atoms with van der Waals surface area (Å²) in [6.45, 7) is 4.23. The van der Waals surface area contributed by atoms with Gasteiger partial charge in [0.05, 0.1) is 0 Å². The number of hydrogen-bond acceptors (Lipinski definition) is 4. The SMILES string of the molecule is CCC1C(=O)NC(C)C(=O)N1Cc1ccc2c(c1)OCO2. The van der Waals surface area contributed by atoms with Crippen molar-refractivity contribution in [2.75, 3.05) is 6.79 Å². The predicted molar refractivity (Wildman–Crippen MR) is 74.8 cm³/mol. The van der Waals surface area contributed by atoms with Crippen molar-refractivity contribution in [3.63, 3.8) is 0 Å². The molecule has 0 spiro atoms. The second-order valence-electron chi connectivity index (χ2n) is 5.31. The molecule has 0 bridgehead atoms. The van der Waals surface area contributed by atoms with E-state index in [-0.39, 0.29) is 18.6 Å². The molecular formula is C15H18N2O4. The van der Waals surface area contributed by atoms with Crippen molar-refractivity contribution in [2.45, 2.75) is 38.9 Å². The largest absolute Gasteiger partial charge is 0.454 e. The van der Waals surface area contributed by atoms with Crippen LogP contribution < -0.4 is 14.8 Å². The monoisotopic (exact) mass is 290 g/mol. The predicted octanol–water partition coefficient (Wildman–Crippen LogP) is 1.04. The van der Waals surface area contributed by atoms with Crippen molar-refractivity contribution < 1.29 is 19.1 Å². The molecule has 1 saturated heterocycles. The van der Waals surface area contributed by atoms with Crippen molar-refractivity contribution in [1.29, 1.82) is 0 Å². The van der Waals surface area contributed by atoms with Crippen LogP contribution in [-0.2, 0) is 16.1 Å². The fraction of sp³-hybridized carbons (Fsp3) is 0.467.